The lowest BCUT2D eigenvalue weighted by molar-refractivity contribution is 0.111. The highest BCUT2D eigenvalue weighted by Crippen LogP contribution is 2.17. The van der Waals surface area contributed by atoms with Crippen LogP contribution in [-0.4, -0.2) is 11.3 Å². The SMILES string of the molecule is CCc1[nH]c(C=O)c(C)c1CC. The van der Waals surface area contributed by atoms with Crippen molar-refractivity contribution in [3.63, 3.8) is 0 Å². The average Bonchev–Trinajstić information content (AvgIpc) is 2.41. The maximum atomic E-state index is 10.6. The Morgan fingerprint density at radius 1 is 1.33 bits per heavy atom. The van der Waals surface area contributed by atoms with Crippen LogP contribution in [0.1, 0.15) is 41.2 Å². The van der Waals surface area contributed by atoms with Gasteiger partial charge >= 0.3 is 0 Å². The van der Waals surface area contributed by atoms with Crippen molar-refractivity contribution in [1.82, 2.24) is 4.98 Å². The first-order valence-electron chi connectivity index (χ1n) is 4.40. The number of carbonyl (C=O) groups excluding carboxylic acids is 1. The molecule has 0 amide bonds. The minimum atomic E-state index is 0.740. The molecule has 2 heteroatoms. The summed E-state index contributed by atoms with van der Waals surface area (Å²) in [5.74, 6) is 0. The minimum absolute atomic E-state index is 0.740. The quantitative estimate of drug-likeness (QED) is 0.685. The molecule has 2 nitrogen and oxygen atoms in total. The Morgan fingerprint density at radius 2 is 2.00 bits per heavy atom. The molecule has 12 heavy (non-hydrogen) atoms. The van der Waals surface area contributed by atoms with Crippen molar-refractivity contribution < 1.29 is 4.79 Å². The van der Waals surface area contributed by atoms with Gasteiger partial charge in [-0.05, 0) is 30.9 Å². The lowest BCUT2D eigenvalue weighted by atomic mass is 10.1. The molecule has 1 rings (SSSR count). The zero-order chi connectivity index (χ0) is 9.14. The number of aromatic nitrogens is 1. The first-order valence-corrected chi connectivity index (χ1v) is 4.40. The third-order valence-electron chi connectivity index (χ3n) is 2.33. The molecule has 66 valence electrons. The van der Waals surface area contributed by atoms with E-state index in [1.54, 1.807) is 0 Å². The van der Waals surface area contributed by atoms with Crippen LogP contribution in [0.3, 0.4) is 0 Å². The molecule has 1 heterocycles. The van der Waals surface area contributed by atoms with Gasteiger partial charge in [0.1, 0.15) is 0 Å². The number of nitrogens with one attached hydrogen (secondary N) is 1. The Kier molecular flexibility index (Phi) is 2.69. The zero-order valence-corrected chi connectivity index (χ0v) is 7.90. The first kappa shape index (κ1) is 9.04. The van der Waals surface area contributed by atoms with Gasteiger partial charge in [0.25, 0.3) is 0 Å². The van der Waals surface area contributed by atoms with E-state index in [2.05, 4.69) is 18.8 Å². The molecule has 0 aliphatic carbocycles. The van der Waals surface area contributed by atoms with Crippen LogP contribution in [0.5, 0.6) is 0 Å². The van der Waals surface area contributed by atoms with Gasteiger partial charge in [0.15, 0.2) is 6.29 Å². The van der Waals surface area contributed by atoms with E-state index in [-0.39, 0.29) is 0 Å². The van der Waals surface area contributed by atoms with E-state index in [0.717, 1.165) is 30.4 Å². The highest BCUT2D eigenvalue weighted by molar-refractivity contribution is 5.75. The van der Waals surface area contributed by atoms with Crippen molar-refractivity contribution in [1.29, 1.82) is 0 Å². The molecule has 0 aliphatic rings. The van der Waals surface area contributed by atoms with Gasteiger partial charge in [-0.2, -0.15) is 0 Å². The summed E-state index contributed by atoms with van der Waals surface area (Å²) in [5, 5.41) is 0. The van der Waals surface area contributed by atoms with Crippen LogP contribution in [0.25, 0.3) is 0 Å². The van der Waals surface area contributed by atoms with Crippen molar-refractivity contribution in [2.45, 2.75) is 33.6 Å². The van der Waals surface area contributed by atoms with Crippen LogP contribution in [-0.2, 0) is 12.8 Å². The fourth-order valence-electron chi connectivity index (χ4n) is 1.62. The Balaban J connectivity index is 3.22. The number of hydrogen-bond donors (Lipinski definition) is 1. The second-order valence-electron chi connectivity index (χ2n) is 2.95. The first-order chi connectivity index (χ1) is 5.74. The van der Waals surface area contributed by atoms with Gasteiger partial charge in [-0.3, -0.25) is 4.79 Å². The van der Waals surface area contributed by atoms with E-state index < -0.39 is 0 Å². The maximum absolute atomic E-state index is 10.6. The molecule has 0 bridgehead atoms. The second-order valence-corrected chi connectivity index (χ2v) is 2.95. The largest absolute Gasteiger partial charge is 0.356 e. The van der Waals surface area contributed by atoms with E-state index in [4.69, 9.17) is 0 Å². The van der Waals surface area contributed by atoms with Crippen molar-refractivity contribution in [2.24, 2.45) is 0 Å². The lowest BCUT2D eigenvalue weighted by Crippen LogP contribution is -1.87. The molecule has 0 radical (unpaired) electrons. The fraction of sp³-hybridized carbons (Fsp3) is 0.500. The molecule has 0 aromatic carbocycles. The summed E-state index contributed by atoms with van der Waals surface area (Å²) in [6.07, 6.45) is 2.87. The highest BCUT2D eigenvalue weighted by atomic mass is 16.1. The third kappa shape index (κ3) is 1.29. The van der Waals surface area contributed by atoms with Crippen molar-refractivity contribution in [2.75, 3.05) is 0 Å². The monoisotopic (exact) mass is 165 g/mol. The highest BCUT2D eigenvalue weighted by Gasteiger charge is 2.09. The van der Waals surface area contributed by atoms with Crippen LogP contribution in [0.15, 0.2) is 0 Å². The van der Waals surface area contributed by atoms with Crippen LogP contribution < -0.4 is 0 Å². The molecule has 0 atom stereocenters. The van der Waals surface area contributed by atoms with Gasteiger partial charge in [-0.25, -0.2) is 0 Å². The number of aldehydes is 1. The summed E-state index contributed by atoms with van der Waals surface area (Å²) in [6.45, 7) is 6.21. The molecule has 1 N–H and O–H groups in total. The summed E-state index contributed by atoms with van der Waals surface area (Å²) >= 11 is 0. The normalized spacial score (nSPS) is 10.2. The van der Waals surface area contributed by atoms with Gasteiger partial charge in [-0.1, -0.05) is 13.8 Å². The molecule has 0 saturated carbocycles. The summed E-state index contributed by atoms with van der Waals surface area (Å²) in [4.78, 5) is 13.7. The zero-order valence-electron chi connectivity index (χ0n) is 7.90. The predicted molar refractivity (Wildman–Crippen MR) is 49.7 cm³/mol. The standard InChI is InChI=1S/C10H15NO/c1-4-8-7(3)10(6-12)11-9(8)5-2/h6,11H,4-5H2,1-3H3. The van der Waals surface area contributed by atoms with E-state index in [9.17, 15) is 4.79 Å². The summed E-state index contributed by atoms with van der Waals surface area (Å²) in [7, 11) is 0. The predicted octanol–water partition coefficient (Wildman–Crippen LogP) is 2.26. The van der Waals surface area contributed by atoms with Gasteiger partial charge < -0.3 is 4.98 Å². The number of hydrogen-bond acceptors (Lipinski definition) is 1. The van der Waals surface area contributed by atoms with Crippen LogP contribution in [0, 0.1) is 6.92 Å². The van der Waals surface area contributed by atoms with E-state index in [1.807, 2.05) is 6.92 Å². The Labute approximate surface area is 73.0 Å². The number of rotatable bonds is 3. The number of H-pyrrole nitrogens is 1. The molecule has 0 saturated heterocycles. The topological polar surface area (TPSA) is 32.9 Å². The summed E-state index contributed by atoms with van der Waals surface area (Å²) in [6, 6.07) is 0. The number of aromatic amines is 1. The van der Waals surface area contributed by atoms with Crippen molar-refractivity contribution in [3.05, 3.63) is 22.5 Å². The Hall–Kier alpha value is -1.05. The fourth-order valence-corrected chi connectivity index (χ4v) is 1.62. The summed E-state index contributed by atoms with van der Waals surface area (Å²) in [5.41, 5.74) is 4.37. The van der Waals surface area contributed by atoms with Gasteiger partial charge in [0.2, 0.25) is 0 Å². The van der Waals surface area contributed by atoms with Crippen molar-refractivity contribution >= 4 is 6.29 Å². The average molecular weight is 165 g/mol. The van der Waals surface area contributed by atoms with E-state index in [1.165, 1.54) is 11.3 Å². The smallest absolute Gasteiger partial charge is 0.166 e. The Morgan fingerprint density at radius 3 is 2.33 bits per heavy atom. The second kappa shape index (κ2) is 3.57. The molecule has 0 spiro atoms. The molecule has 1 aromatic rings. The van der Waals surface area contributed by atoms with Crippen LogP contribution in [0.4, 0.5) is 0 Å². The van der Waals surface area contributed by atoms with Crippen LogP contribution in [0.2, 0.25) is 0 Å². The molecule has 0 unspecified atom stereocenters. The molecular formula is C10H15NO. The van der Waals surface area contributed by atoms with E-state index >= 15 is 0 Å². The Bertz CT molecular complexity index is 286. The van der Waals surface area contributed by atoms with Gasteiger partial charge in [0, 0.05) is 5.69 Å². The van der Waals surface area contributed by atoms with E-state index in [0.29, 0.717) is 0 Å². The van der Waals surface area contributed by atoms with Crippen molar-refractivity contribution in [3.8, 4) is 0 Å². The molecule has 1 aromatic heterocycles. The minimum Gasteiger partial charge on any atom is -0.356 e. The molecule has 0 aliphatic heterocycles. The van der Waals surface area contributed by atoms with Gasteiger partial charge in [0.05, 0.1) is 5.69 Å². The maximum Gasteiger partial charge on any atom is 0.166 e. The third-order valence-corrected chi connectivity index (χ3v) is 2.33. The lowest BCUT2D eigenvalue weighted by Gasteiger charge is -1.97. The number of carbonyl (C=O) groups is 1. The number of aryl methyl sites for hydroxylation is 1. The summed E-state index contributed by atoms with van der Waals surface area (Å²) < 4.78 is 0. The molecule has 0 fully saturated rings. The van der Waals surface area contributed by atoms with Gasteiger partial charge in [-0.15, -0.1) is 0 Å². The van der Waals surface area contributed by atoms with Crippen LogP contribution >= 0.6 is 0 Å². The molecular weight excluding hydrogens is 150 g/mol.